The number of likely N-dealkylation sites (tertiary alicyclic amines) is 1. The first kappa shape index (κ1) is 21.1. The van der Waals surface area contributed by atoms with E-state index >= 15 is 4.39 Å². The number of alkyl halides is 1. The number of anilines is 1. The number of carbonyl (C=O) groups is 1. The molecular weight excluding hydrogens is 402 g/mol. The van der Waals surface area contributed by atoms with Crippen LogP contribution < -0.4 is 5.32 Å². The van der Waals surface area contributed by atoms with Gasteiger partial charge in [-0.1, -0.05) is 0 Å². The molecule has 1 aromatic heterocycles. The molecule has 2 heterocycles. The van der Waals surface area contributed by atoms with E-state index in [0.717, 1.165) is 13.0 Å². The van der Waals surface area contributed by atoms with Crippen molar-refractivity contribution < 1.29 is 22.0 Å². The van der Waals surface area contributed by atoms with Crippen LogP contribution in [0.2, 0.25) is 0 Å². The highest BCUT2D eigenvalue weighted by molar-refractivity contribution is 7.92. The fraction of sp³-hybridized carbons (Fsp3) is 0.421. The van der Waals surface area contributed by atoms with Gasteiger partial charge in [-0.15, -0.1) is 0 Å². The fourth-order valence-corrected chi connectivity index (χ4v) is 5.22. The van der Waals surface area contributed by atoms with Gasteiger partial charge in [-0.25, -0.2) is 22.0 Å². The number of halogens is 2. The summed E-state index contributed by atoms with van der Waals surface area (Å²) in [7, 11) is -4.41. The smallest absolute Gasteiger partial charge is 0.321 e. The van der Waals surface area contributed by atoms with Gasteiger partial charge in [0.05, 0.1) is 23.0 Å². The van der Waals surface area contributed by atoms with E-state index in [1.165, 1.54) is 29.4 Å². The van der Waals surface area contributed by atoms with Crippen LogP contribution in [0.1, 0.15) is 25.3 Å². The molecule has 1 fully saturated rings. The van der Waals surface area contributed by atoms with Gasteiger partial charge < -0.3 is 10.2 Å². The molecule has 0 aliphatic carbocycles. The highest BCUT2D eigenvalue weighted by Crippen LogP contribution is 2.39. The van der Waals surface area contributed by atoms with Gasteiger partial charge >= 0.3 is 6.03 Å². The third-order valence-electron chi connectivity index (χ3n) is 5.20. The van der Waals surface area contributed by atoms with Gasteiger partial charge in [0, 0.05) is 19.0 Å². The van der Waals surface area contributed by atoms with E-state index in [2.05, 4.69) is 15.5 Å². The van der Waals surface area contributed by atoms with Gasteiger partial charge in [0.1, 0.15) is 5.82 Å². The Hall–Kier alpha value is -2.62. The maximum atomic E-state index is 15.5. The molecule has 1 aliphatic heterocycles. The van der Waals surface area contributed by atoms with Crippen molar-refractivity contribution in [2.45, 2.75) is 36.6 Å². The fourth-order valence-electron chi connectivity index (χ4n) is 3.47. The molecule has 2 amide bonds. The Bertz CT molecular complexity index is 972. The maximum absolute atomic E-state index is 15.5. The molecule has 10 heteroatoms. The second-order valence-corrected chi connectivity index (χ2v) is 9.55. The minimum absolute atomic E-state index is 0.169. The predicted molar refractivity (Wildman–Crippen MR) is 103 cm³/mol. The lowest BCUT2D eigenvalue weighted by Crippen LogP contribution is -2.48. The topological polar surface area (TPSA) is 92.3 Å². The number of hydrogen-bond acceptors (Lipinski definition) is 5. The van der Waals surface area contributed by atoms with E-state index in [4.69, 9.17) is 0 Å². The molecule has 1 unspecified atom stereocenters. The average Bonchev–Trinajstić information content (AvgIpc) is 2.68. The highest BCUT2D eigenvalue weighted by atomic mass is 32.2. The van der Waals surface area contributed by atoms with E-state index in [9.17, 15) is 17.6 Å². The molecule has 0 radical (unpaired) electrons. The van der Waals surface area contributed by atoms with Crippen LogP contribution in [0.25, 0.3) is 0 Å². The number of piperidine rings is 1. The summed E-state index contributed by atoms with van der Waals surface area (Å²) in [6.45, 7) is 2.97. The van der Waals surface area contributed by atoms with Crippen LogP contribution in [0.15, 0.2) is 41.6 Å². The minimum Gasteiger partial charge on any atom is -0.325 e. The molecule has 156 valence electrons. The second-order valence-electron chi connectivity index (χ2n) is 7.28. The zero-order valence-electron chi connectivity index (χ0n) is 16.1. The first-order valence-electron chi connectivity index (χ1n) is 9.14. The van der Waals surface area contributed by atoms with Crippen molar-refractivity contribution in [3.63, 3.8) is 0 Å². The molecular formula is C19H22F2N4O3S. The number of benzene rings is 1. The number of rotatable bonds is 4. The largest absolute Gasteiger partial charge is 0.325 e. The van der Waals surface area contributed by atoms with Crippen LogP contribution in [0.5, 0.6) is 0 Å². The molecule has 0 bridgehead atoms. The zero-order chi connectivity index (χ0) is 21.2. The van der Waals surface area contributed by atoms with Crippen molar-refractivity contribution in [3.8, 4) is 0 Å². The van der Waals surface area contributed by atoms with E-state index in [-0.39, 0.29) is 36.9 Å². The number of urea groups is 1. The molecule has 2 aromatic rings. The Labute approximate surface area is 168 Å². The first-order valence-corrected chi connectivity index (χ1v) is 10.6. The van der Waals surface area contributed by atoms with Crippen LogP contribution in [0.4, 0.5) is 19.3 Å². The predicted octanol–water partition coefficient (Wildman–Crippen LogP) is 3.33. The number of carbonyl (C=O) groups excluding carboxylic acids is 1. The molecule has 1 atom stereocenters. The molecule has 0 spiro atoms. The SMILES string of the molecule is Cc1cc(F)cc(S(=O)(=O)C(C)(F)C2CCN(C(=O)Nc3ccnnc3)CC2)c1. The van der Waals surface area contributed by atoms with Crippen molar-refractivity contribution in [2.24, 2.45) is 5.92 Å². The van der Waals surface area contributed by atoms with Gasteiger partial charge in [-0.3, -0.25) is 0 Å². The summed E-state index contributed by atoms with van der Waals surface area (Å²) >= 11 is 0. The Balaban J connectivity index is 1.69. The zero-order valence-corrected chi connectivity index (χ0v) is 16.9. The summed E-state index contributed by atoms with van der Waals surface area (Å²) in [5.74, 6) is -1.54. The van der Waals surface area contributed by atoms with Crippen molar-refractivity contribution >= 4 is 21.6 Å². The van der Waals surface area contributed by atoms with Gasteiger partial charge in [0.15, 0.2) is 0 Å². The molecule has 29 heavy (non-hydrogen) atoms. The number of amides is 2. The van der Waals surface area contributed by atoms with Crippen LogP contribution in [-0.4, -0.2) is 47.6 Å². The molecule has 3 rings (SSSR count). The minimum atomic E-state index is -4.41. The highest BCUT2D eigenvalue weighted by Gasteiger charge is 2.48. The van der Waals surface area contributed by atoms with Gasteiger partial charge in [0.25, 0.3) is 0 Å². The first-order chi connectivity index (χ1) is 13.6. The Morgan fingerprint density at radius 2 is 1.93 bits per heavy atom. The van der Waals surface area contributed by atoms with Crippen molar-refractivity contribution in [3.05, 3.63) is 48.0 Å². The molecule has 1 saturated heterocycles. The summed E-state index contributed by atoms with van der Waals surface area (Å²) in [5, 5.41) is 7.38. The van der Waals surface area contributed by atoms with Crippen molar-refractivity contribution in [1.29, 1.82) is 0 Å². The number of nitrogens with one attached hydrogen (secondary N) is 1. The van der Waals surface area contributed by atoms with Crippen LogP contribution in [0.3, 0.4) is 0 Å². The van der Waals surface area contributed by atoms with E-state index in [1.54, 1.807) is 13.0 Å². The van der Waals surface area contributed by atoms with E-state index < -0.39 is 26.6 Å². The normalized spacial score (nSPS) is 17.6. The third kappa shape index (κ3) is 4.36. The molecule has 1 N–H and O–H groups in total. The summed E-state index contributed by atoms with van der Waals surface area (Å²) in [6.07, 6.45) is 3.18. The van der Waals surface area contributed by atoms with Crippen molar-refractivity contribution in [1.82, 2.24) is 15.1 Å². The number of aryl methyl sites for hydroxylation is 1. The number of hydrogen-bond donors (Lipinski definition) is 1. The van der Waals surface area contributed by atoms with Crippen LogP contribution >= 0.6 is 0 Å². The number of sulfone groups is 1. The lowest BCUT2D eigenvalue weighted by atomic mass is 9.92. The molecule has 7 nitrogen and oxygen atoms in total. The Morgan fingerprint density at radius 1 is 1.24 bits per heavy atom. The van der Waals surface area contributed by atoms with Crippen LogP contribution in [-0.2, 0) is 9.84 Å². The Kier molecular flexibility index (Phi) is 5.83. The van der Waals surface area contributed by atoms with Gasteiger partial charge in [-0.2, -0.15) is 10.2 Å². The maximum Gasteiger partial charge on any atom is 0.321 e. The van der Waals surface area contributed by atoms with E-state index in [1.807, 2.05) is 0 Å². The van der Waals surface area contributed by atoms with Gasteiger partial charge in [0.2, 0.25) is 14.8 Å². The summed E-state index contributed by atoms with van der Waals surface area (Å²) in [4.78, 5) is 13.5. The second kappa shape index (κ2) is 8.02. The lowest BCUT2D eigenvalue weighted by molar-refractivity contribution is 0.117. The number of nitrogens with zero attached hydrogens (tertiary/aromatic N) is 3. The molecule has 0 saturated carbocycles. The average molecular weight is 424 g/mol. The molecule has 1 aromatic carbocycles. The van der Waals surface area contributed by atoms with Gasteiger partial charge in [-0.05, 0) is 56.5 Å². The molecule has 1 aliphatic rings. The van der Waals surface area contributed by atoms with Crippen molar-refractivity contribution in [2.75, 3.05) is 18.4 Å². The standard InChI is InChI=1S/C19H22F2N4O3S/c1-13-9-15(20)11-17(10-13)29(27,28)19(2,21)14-4-7-25(8-5-14)18(26)24-16-3-6-22-23-12-16/h3,6,9-12,14H,4-5,7-8H2,1-2H3,(H,22,24,26). The third-order valence-corrected chi connectivity index (χ3v) is 7.44. The van der Waals surface area contributed by atoms with Crippen LogP contribution in [0, 0.1) is 18.7 Å². The quantitative estimate of drug-likeness (QED) is 0.813. The van der Waals surface area contributed by atoms with E-state index in [0.29, 0.717) is 11.3 Å². The number of aromatic nitrogens is 2. The Morgan fingerprint density at radius 3 is 2.52 bits per heavy atom. The summed E-state index contributed by atoms with van der Waals surface area (Å²) in [6, 6.07) is 4.50. The summed E-state index contributed by atoms with van der Waals surface area (Å²) < 4.78 is 54.9. The monoisotopic (exact) mass is 424 g/mol. The lowest BCUT2D eigenvalue weighted by Gasteiger charge is -2.37. The summed E-state index contributed by atoms with van der Waals surface area (Å²) in [5.41, 5.74) is 0.878.